The van der Waals surface area contributed by atoms with Gasteiger partial charge in [-0.1, -0.05) is 28.8 Å². The number of carbonyl (C=O) groups is 1. The van der Waals surface area contributed by atoms with Crippen LogP contribution in [0.1, 0.15) is 23.3 Å². The molecule has 1 aromatic heterocycles. The van der Waals surface area contributed by atoms with Crippen LogP contribution < -0.4 is 5.73 Å². The standard InChI is InChI=1S/C26H21Cl2FN4OS2/c27-21-6-5-20(10-22(21)28)36-33-8-7-17-9-23(32-19-3-1-18(29)2-4-19)16(12-30)11-26(17,14-33)25(34)24-13-35-15-31-24/h1-6,9-10,12-13,15H,7-8,11,14,30H2. The number of nitrogens with two attached hydrogens (primary N) is 1. The molecule has 5 nitrogen and oxygen atoms in total. The van der Waals surface area contributed by atoms with Gasteiger partial charge in [0, 0.05) is 23.4 Å². The van der Waals surface area contributed by atoms with Crippen LogP contribution in [0.3, 0.4) is 0 Å². The Morgan fingerprint density at radius 2 is 2.03 bits per heavy atom. The Labute approximate surface area is 226 Å². The third-order valence-electron chi connectivity index (χ3n) is 6.33. The van der Waals surface area contributed by atoms with Crippen LogP contribution >= 0.6 is 46.5 Å². The molecule has 0 amide bonds. The number of thiazole rings is 1. The van der Waals surface area contributed by atoms with E-state index in [4.69, 9.17) is 33.9 Å². The molecule has 1 atom stereocenters. The second kappa shape index (κ2) is 10.5. The molecule has 1 aliphatic heterocycles. The first kappa shape index (κ1) is 25.2. The fraction of sp³-hybridized carbons (Fsp3) is 0.192. The third-order valence-corrected chi connectivity index (χ3v) is 8.69. The van der Waals surface area contributed by atoms with Crippen molar-refractivity contribution in [1.82, 2.24) is 9.29 Å². The first-order valence-corrected chi connectivity index (χ1v) is 13.6. The molecule has 184 valence electrons. The van der Waals surface area contributed by atoms with Crippen molar-refractivity contribution in [3.05, 3.63) is 98.3 Å². The maximum absolute atomic E-state index is 14.0. The van der Waals surface area contributed by atoms with Gasteiger partial charge in [0.25, 0.3) is 0 Å². The number of hydrogen-bond donors (Lipinski definition) is 1. The number of allylic oxidation sites excluding steroid dienone is 2. The summed E-state index contributed by atoms with van der Waals surface area (Å²) in [7, 11) is 0. The summed E-state index contributed by atoms with van der Waals surface area (Å²) >= 11 is 15.3. The number of ketones is 1. The Kier molecular flexibility index (Phi) is 7.32. The molecule has 0 saturated carbocycles. The van der Waals surface area contributed by atoms with Gasteiger partial charge >= 0.3 is 0 Å². The summed E-state index contributed by atoms with van der Waals surface area (Å²) in [6, 6.07) is 11.5. The number of nitrogens with zero attached hydrogens (tertiary/aromatic N) is 3. The molecule has 1 fully saturated rings. The molecular weight excluding hydrogens is 538 g/mol. The summed E-state index contributed by atoms with van der Waals surface area (Å²) in [4.78, 5) is 23.9. The Balaban J connectivity index is 1.53. The lowest BCUT2D eigenvalue weighted by molar-refractivity contribution is 0.0777. The van der Waals surface area contributed by atoms with Crippen LogP contribution in [0.15, 0.2) is 86.7 Å². The van der Waals surface area contributed by atoms with Gasteiger partial charge in [0.2, 0.25) is 0 Å². The topological polar surface area (TPSA) is 71.6 Å². The predicted molar refractivity (Wildman–Crippen MR) is 146 cm³/mol. The average molecular weight is 560 g/mol. The number of benzene rings is 2. The lowest BCUT2D eigenvalue weighted by atomic mass is 9.64. The number of hydrogen-bond acceptors (Lipinski definition) is 7. The monoisotopic (exact) mass is 558 g/mol. The summed E-state index contributed by atoms with van der Waals surface area (Å²) in [5, 5.41) is 2.77. The minimum atomic E-state index is -0.831. The number of Topliss-reactive ketones (excluding diaryl/α,β-unsaturated/α-hetero) is 1. The lowest BCUT2D eigenvalue weighted by Crippen LogP contribution is -2.49. The smallest absolute Gasteiger partial charge is 0.193 e. The van der Waals surface area contributed by atoms with Gasteiger partial charge in [-0.15, -0.1) is 11.3 Å². The molecule has 2 aromatic carbocycles. The van der Waals surface area contributed by atoms with Crippen molar-refractivity contribution in [3.63, 3.8) is 0 Å². The zero-order valence-electron chi connectivity index (χ0n) is 19.0. The van der Waals surface area contributed by atoms with Crippen molar-refractivity contribution in [3.8, 4) is 0 Å². The third kappa shape index (κ3) is 5.01. The molecular formula is C26H21Cl2FN4OS2. The van der Waals surface area contributed by atoms with Crippen LogP contribution in [0.2, 0.25) is 10.0 Å². The first-order valence-electron chi connectivity index (χ1n) is 11.2. The average Bonchev–Trinajstić information content (AvgIpc) is 3.42. The molecule has 3 aromatic rings. The minimum Gasteiger partial charge on any atom is -0.404 e. The summed E-state index contributed by atoms with van der Waals surface area (Å²) in [5.41, 5.74) is 10.4. The second-order valence-electron chi connectivity index (χ2n) is 8.58. The number of carbonyl (C=O) groups excluding carboxylic acids is 1. The van der Waals surface area contributed by atoms with Crippen molar-refractivity contribution in [1.29, 1.82) is 0 Å². The van der Waals surface area contributed by atoms with Gasteiger partial charge in [-0.05, 0) is 85.1 Å². The highest BCUT2D eigenvalue weighted by Gasteiger charge is 2.49. The molecule has 10 heteroatoms. The number of halogens is 3. The highest BCUT2D eigenvalue weighted by atomic mass is 35.5. The van der Waals surface area contributed by atoms with E-state index in [0.29, 0.717) is 46.5 Å². The van der Waals surface area contributed by atoms with Gasteiger partial charge in [0.05, 0.1) is 32.4 Å². The van der Waals surface area contributed by atoms with Crippen molar-refractivity contribution in [2.75, 3.05) is 13.1 Å². The van der Waals surface area contributed by atoms with Crippen molar-refractivity contribution in [2.24, 2.45) is 16.1 Å². The molecule has 1 saturated heterocycles. The zero-order valence-corrected chi connectivity index (χ0v) is 22.1. The van der Waals surface area contributed by atoms with Crippen LogP contribution in [0.5, 0.6) is 0 Å². The number of aromatic nitrogens is 1. The molecule has 5 rings (SSSR count). The van der Waals surface area contributed by atoms with Crippen molar-refractivity contribution >= 4 is 63.7 Å². The zero-order chi connectivity index (χ0) is 25.3. The van der Waals surface area contributed by atoms with Gasteiger partial charge in [-0.2, -0.15) is 0 Å². The van der Waals surface area contributed by atoms with Crippen LogP contribution in [-0.2, 0) is 0 Å². The molecule has 0 radical (unpaired) electrons. The molecule has 1 unspecified atom stereocenters. The highest BCUT2D eigenvalue weighted by molar-refractivity contribution is 7.97. The highest BCUT2D eigenvalue weighted by Crippen LogP contribution is 2.48. The largest absolute Gasteiger partial charge is 0.404 e. The second-order valence-corrected chi connectivity index (χ2v) is 11.3. The minimum absolute atomic E-state index is 0.0328. The predicted octanol–water partition coefficient (Wildman–Crippen LogP) is 7.12. The summed E-state index contributed by atoms with van der Waals surface area (Å²) in [6.45, 7) is 1.20. The Bertz CT molecular complexity index is 1390. The van der Waals surface area contributed by atoms with E-state index in [9.17, 15) is 9.18 Å². The van der Waals surface area contributed by atoms with Crippen LogP contribution in [0, 0.1) is 11.2 Å². The van der Waals surface area contributed by atoms with E-state index in [1.165, 1.54) is 29.7 Å². The van der Waals surface area contributed by atoms with E-state index in [1.54, 1.807) is 41.0 Å². The van der Waals surface area contributed by atoms with Crippen molar-refractivity contribution < 1.29 is 9.18 Å². The molecule has 0 spiro atoms. The van der Waals surface area contributed by atoms with E-state index >= 15 is 0 Å². The van der Waals surface area contributed by atoms with E-state index in [1.807, 2.05) is 18.2 Å². The van der Waals surface area contributed by atoms with Gasteiger partial charge in [-0.25, -0.2) is 18.7 Å². The number of aliphatic imine (C=N–C) groups is 1. The Morgan fingerprint density at radius 3 is 2.72 bits per heavy atom. The maximum Gasteiger partial charge on any atom is 0.193 e. The number of fused-ring (bicyclic) bond motifs is 1. The van der Waals surface area contributed by atoms with Gasteiger partial charge in [-0.3, -0.25) is 4.79 Å². The molecule has 2 aliphatic rings. The first-order chi connectivity index (χ1) is 17.4. The fourth-order valence-corrected chi connectivity index (χ4v) is 6.51. The maximum atomic E-state index is 14.0. The summed E-state index contributed by atoms with van der Waals surface area (Å²) < 4.78 is 15.6. The number of piperidine rings is 1. The van der Waals surface area contributed by atoms with E-state index in [2.05, 4.69) is 9.29 Å². The normalized spacial score (nSPS) is 22.5. The van der Waals surface area contributed by atoms with Gasteiger partial charge in [0.1, 0.15) is 11.5 Å². The van der Waals surface area contributed by atoms with Gasteiger partial charge in [0.15, 0.2) is 5.78 Å². The molecule has 2 heterocycles. The molecule has 1 aliphatic carbocycles. The fourth-order valence-electron chi connectivity index (χ4n) is 4.55. The van der Waals surface area contributed by atoms with E-state index in [0.717, 1.165) is 22.6 Å². The van der Waals surface area contributed by atoms with Crippen LogP contribution in [0.4, 0.5) is 10.1 Å². The van der Waals surface area contributed by atoms with E-state index < -0.39 is 5.41 Å². The quantitative estimate of drug-likeness (QED) is 0.266. The molecule has 36 heavy (non-hydrogen) atoms. The lowest BCUT2D eigenvalue weighted by Gasteiger charge is -2.45. The summed E-state index contributed by atoms with van der Waals surface area (Å²) in [5.74, 6) is -0.357. The number of rotatable bonds is 5. The van der Waals surface area contributed by atoms with Crippen molar-refractivity contribution in [2.45, 2.75) is 17.7 Å². The SMILES string of the molecule is NC=C1CC2(C(=O)c3cscn3)CN(Sc3ccc(Cl)c(Cl)c3)CCC2=CC1=Nc1ccc(F)cc1. The van der Waals surface area contributed by atoms with Crippen LogP contribution in [-0.4, -0.2) is 33.9 Å². The molecule has 0 bridgehead atoms. The van der Waals surface area contributed by atoms with Gasteiger partial charge < -0.3 is 5.73 Å². The van der Waals surface area contributed by atoms with E-state index in [-0.39, 0.29) is 11.6 Å². The van der Waals surface area contributed by atoms with Crippen LogP contribution in [0.25, 0.3) is 0 Å². The molecule has 2 N–H and O–H groups in total. The summed E-state index contributed by atoms with van der Waals surface area (Å²) in [6.07, 6.45) is 4.54. The Hall–Kier alpha value is -2.49. The Morgan fingerprint density at radius 1 is 1.22 bits per heavy atom.